The minimum absolute atomic E-state index is 0.169. The van der Waals surface area contributed by atoms with Crippen LogP contribution in [0.4, 0.5) is 0 Å². The van der Waals surface area contributed by atoms with Gasteiger partial charge < -0.3 is 0 Å². The molecule has 0 aromatic heterocycles. The zero-order chi connectivity index (χ0) is 22.9. The minimum Gasteiger partial charge on any atom is -0.298 e. The van der Waals surface area contributed by atoms with E-state index in [1.165, 1.54) is 77.0 Å². The summed E-state index contributed by atoms with van der Waals surface area (Å²) in [6.07, 6.45) is 17.6. The molecule has 5 rings (SSSR count). The Bertz CT molecular complexity index is 730. The molecule has 10 atom stereocenters. The van der Waals surface area contributed by atoms with Crippen molar-refractivity contribution >= 4 is 17.4 Å². The smallest absolute Gasteiger partial charge is 0.151 e. The first kappa shape index (κ1) is 23.7. The summed E-state index contributed by atoms with van der Waals surface area (Å²) >= 11 is 6.59. The molecule has 5 fully saturated rings. The third kappa shape index (κ3) is 3.48. The second-order valence-electron chi connectivity index (χ2n) is 14.3. The van der Waals surface area contributed by atoms with E-state index in [4.69, 9.17) is 11.6 Å². The summed E-state index contributed by atoms with van der Waals surface area (Å²) in [4.78, 5) is 12.0. The predicted octanol–water partition coefficient (Wildman–Crippen LogP) is 8.67. The van der Waals surface area contributed by atoms with Gasteiger partial charge in [0.05, 0.1) is 5.38 Å². The van der Waals surface area contributed by atoms with Gasteiger partial charge in [-0.15, -0.1) is 11.6 Å². The van der Waals surface area contributed by atoms with Gasteiger partial charge in [0.15, 0.2) is 5.78 Å². The van der Waals surface area contributed by atoms with Crippen molar-refractivity contribution in [3.63, 3.8) is 0 Å². The van der Waals surface area contributed by atoms with Crippen LogP contribution in [-0.2, 0) is 4.79 Å². The Morgan fingerprint density at radius 3 is 2.34 bits per heavy atom. The zero-order valence-electron chi connectivity index (χ0n) is 21.6. The van der Waals surface area contributed by atoms with E-state index in [9.17, 15) is 4.79 Å². The Labute approximate surface area is 203 Å². The van der Waals surface area contributed by atoms with Crippen LogP contribution < -0.4 is 0 Å². The Kier molecular flexibility index (Phi) is 6.12. The Morgan fingerprint density at radius 2 is 1.66 bits per heavy atom. The number of fused-ring (bicyclic) bond motifs is 5. The van der Waals surface area contributed by atoms with Crippen LogP contribution in [0.1, 0.15) is 118 Å². The first-order valence-corrected chi connectivity index (χ1v) is 14.7. The average Bonchev–Trinajstić information content (AvgIpc) is 3.10. The van der Waals surface area contributed by atoms with Crippen molar-refractivity contribution in [2.24, 2.45) is 57.7 Å². The first-order chi connectivity index (χ1) is 15.1. The number of ketones is 1. The summed E-state index contributed by atoms with van der Waals surface area (Å²) in [6, 6.07) is 0. The number of carbonyl (C=O) groups is 1. The number of hydrogen-bond acceptors (Lipinski definition) is 1. The summed E-state index contributed by atoms with van der Waals surface area (Å²) in [5.41, 5.74) is 1.27. The maximum absolute atomic E-state index is 12.0. The summed E-state index contributed by atoms with van der Waals surface area (Å²) < 4.78 is 0. The van der Waals surface area contributed by atoms with Gasteiger partial charge in [0.1, 0.15) is 0 Å². The molecule has 1 nitrogen and oxygen atoms in total. The van der Waals surface area contributed by atoms with E-state index in [1.807, 2.05) is 0 Å². The standard InChI is InChI=1S/C30H49ClO/c1-19(2)7-6-8-20(3)23-11-12-24-22-10-9-21-17-30(18-26(32)27(30)31)16-15-28(21,4)25(22)13-14-29(23,24)5/h19-25,27H,6-18H2,1-5H3/t20-,21+,22+,23-,24+,25+,27?,28+,29-,30-/m1/s1. The summed E-state index contributed by atoms with van der Waals surface area (Å²) in [5.74, 6) is 6.70. The Morgan fingerprint density at radius 1 is 0.906 bits per heavy atom. The van der Waals surface area contributed by atoms with Crippen LogP contribution in [0.5, 0.6) is 0 Å². The van der Waals surface area contributed by atoms with Crippen molar-refractivity contribution < 1.29 is 4.79 Å². The normalized spacial score (nSPS) is 51.2. The van der Waals surface area contributed by atoms with Gasteiger partial charge in [-0.1, -0.05) is 53.9 Å². The highest BCUT2D eigenvalue weighted by Crippen LogP contribution is 2.71. The lowest BCUT2D eigenvalue weighted by Gasteiger charge is -2.64. The van der Waals surface area contributed by atoms with E-state index < -0.39 is 0 Å². The molecule has 32 heavy (non-hydrogen) atoms. The molecule has 0 radical (unpaired) electrons. The van der Waals surface area contributed by atoms with Gasteiger partial charge in [0.2, 0.25) is 0 Å². The molecule has 0 saturated heterocycles. The van der Waals surface area contributed by atoms with Gasteiger partial charge >= 0.3 is 0 Å². The van der Waals surface area contributed by atoms with Crippen LogP contribution in [0.25, 0.3) is 0 Å². The molecule has 0 heterocycles. The van der Waals surface area contributed by atoms with Crippen molar-refractivity contribution in [2.45, 2.75) is 123 Å². The lowest BCUT2D eigenvalue weighted by molar-refractivity contribution is -0.156. The fraction of sp³-hybridized carbons (Fsp3) is 0.967. The van der Waals surface area contributed by atoms with Crippen molar-refractivity contribution in [3.8, 4) is 0 Å². The molecule has 5 aliphatic rings. The van der Waals surface area contributed by atoms with Crippen molar-refractivity contribution in [1.29, 1.82) is 0 Å². The summed E-state index contributed by atoms with van der Waals surface area (Å²) in [5, 5.41) is -0.174. The van der Waals surface area contributed by atoms with E-state index in [1.54, 1.807) is 0 Å². The van der Waals surface area contributed by atoms with Gasteiger partial charge in [0.25, 0.3) is 0 Å². The number of carbonyl (C=O) groups excluding carboxylic acids is 1. The molecule has 5 saturated carbocycles. The van der Waals surface area contributed by atoms with Crippen LogP contribution >= 0.6 is 11.6 Å². The number of rotatable bonds is 5. The molecular formula is C30H49ClO. The van der Waals surface area contributed by atoms with E-state index >= 15 is 0 Å². The molecule has 1 spiro atoms. The third-order valence-electron chi connectivity index (χ3n) is 12.4. The maximum Gasteiger partial charge on any atom is 0.151 e. The van der Waals surface area contributed by atoms with E-state index in [0.29, 0.717) is 16.6 Å². The van der Waals surface area contributed by atoms with Gasteiger partial charge in [-0.25, -0.2) is 0 Å². The lowest BCUT2D eigenvalue weighted by atomic mass is 9.41. The van der Waals surface area contributed by atoms with Crippen molar-refractivity contribution in [3.05, 3.63) is 0 Å². The minimum atomic E-state index is -0.174. The maximum atomic E-state index is 12.0. The predicted molar refractivity (Wildman–Crippen MR) is 135 cm³/mol. The highest BCUT2D eigenvalue weighted by atomic mass is 35.5. The largest absolute Gasteiger partial charge is 0.298 e. The number of hydrogen-bond donors (Lipinski definition) is 0. The van der Waals surface area contributed by atoms with Crippen LogP contribution in [0.3, 0.4) is 0 Å². The van der Waals surface area contributed by atoms with Crippen LogP contribution in [0, 0.1) is 57.7 Å². The van der Waals surface area contributed by atoms with Gasteiger partial charge in [-0.2, -0.15) is 0 Å². The fourth-order valence-electron chi connectivity index (χ4n) is 10.5. The van der Waals surface area contributed by atoms with Gasteiger partial charge in [0, 0.05) is 11.8 Å². The third-order valence-corrected chi connectivity index (χ3v) is 13.1. The molecule has 5 aliphatic carbocycles. The lowest BCUT2D eigenvalue weighted by Crippen LogP contribution is -2.59. The molecule has 0 N–H and O–H groups in total. The topological polar surface area (TPSA) is 17.1 Å². The summed E-state index contributed by atoms with van der Waals surface area (Å²) in [7, 11) is 0. The molecule has 0 aromatic rings. The fourth-order valence-corrected chi connectivity index (χ4v) is 10.9. The molecule has 0 aliphatic heterocycles. The average molecular weight is 461 g/mol. The van der Waals surface area contributed by atoms with E-state index in [0.717, 1.165) is 47.8 Å². The quantitative estimate of drug-likeness (QED) is 0.375. The Hall–Kier alpha value is -0.0400. The van der Waals surface area contributed by atoms with Crippen molar-refractivity contribution in [1.82, 2.24) is 0 Å². The second-order valence-corrected chi connectivity index (χ2v) is 14.7. The van der Waals surface area contributed by atoms with Crippen molar-refractivity contribution in [2.75, 3.05) is 0 Å². The molecular weight excluding hydrogens is 412 g/mol. The molecule has 0 amide bonds. The first-order valence-electron chi connectivity index (χ1n) is 14.3. The molecule has 182 valence electrons. The van der Waals surface area contributed by atoms with E-state index in [-0.39, 0.29) is 10.8 Å². The van der Waals surface area contributed by atoms with Gasteiger partial charge in [-0.3, -0.25) is 4.79 Å². The molecule has 2 heteroatoms. The highest BCUT2D eigenvalue weighted by Gasteiger charge is 2.64. The van der Waals surface area contributed by atoms with Gasteiger partial charge in [-0.05, 0) is 110 Å². The molecule has 0 aromatic carbocycles. The van der Waals surface area contributed by atoms with E-state index in [2.05, 4.69) is 34.6 Å². The Balaban J connectivity index is 1.28. The zero-order valence-corrected chi connectivity index (χ0v) is 22.4. The molecule has 0 bridgehead atoms. The second kappa shape index (κ2) is 8.27. The van der Waals surface area contributed by atoms with Crippen LogP contribution in [-0.4, -0.2) is 11.2 Å². The number of alkyl halides is 1. The summed E-state index contributed by atoms with van der Waals surface area (Å²) in [6.45, 7) is 12.7. The number of halogens is 1. The highest BCUT2D eigenvalue weighted by molar-refractivity contribution is 6.34. The van der Waals surface area contributed by atoms with Crippen LogP contribution in [0.2, 0.25) is 0 Å². The van der Waals surface area contributed by atoms with Crippen LogP contribution in [0.15, 0.2) is 0 Å². The number of Topliss-reactive ketones (excluding diaryl/α,β-unsaturated/α-hetero) is 1. The monoisotopic (exact) mass is 460 g/mol. The SMILES string of the molecule is CC(C)CCC[C@@H](C)[C@H]1CC[C@H]2[C@@H]3CC[C@H]4C[C@]5(CC[C@]4(C)[C@H]3CC[C@]12C)CC(=O)C5Cl. The molecule has 1 unspecified atom stereocenters.